The minimum absolute atomic E-state index is 0.127. The van der Waals surface area contributed by atoms with Crippen molar-refractivity contribution in [2.45, 2.75) is 64.3 Å². The predicted octanol–water partition coefficient (Wildman–Crippen LogP) is 5.44. The van der Waals surface area contributed by atoms with E-state index in [4.69, 9.17) is 19.1 Å². The third-order valence-electron chi connectivity index (χ3n) is 6.74. The first kappa shape index (κ1) is 18.5. The summed E-state index contributed by atoms with van der Waals surface area (Å²) in [6, 6.07) is 13.0. The SMILES string of the molecule is [2H]C1([2H])C[C@@](CC([2H])([2H])N(CCCc2nc3ccccc3[nH]2)C([2H])([2H])[2H])(OC(=O)COC)[C@@H](C(C)C)c2ccc(C)cc21. The summed E-state index contributed by atoms with van der Waals surface area (Å²) in [7, 11) is 1.34. The summed E-state index contributed by atoms with van der Waals surface area (Å²) in [6.07, 6.45) is -2.15. The van der Waals surface area contributed by atoms with Gasteiger partial charge in [0.05, 0.1) is 11.0 Å². The van der Waals surface area contributed by atoms with E-state index >= 15 is 0 Å². The molecule has 36 heavy (non-hydrogen) atoms. The number of benzene rings is 2. The number of nitrogens with one attached hydrogen (secondary N) is 1. The van der Waals surface area contributed by atoms with Crippen molar-refractivity contribution < 1.29 is 23.9 Å². The van der Waals surface area contributed by atoms with E-state index in [1.165, 1.54) is 7.11 Å². The van der Waals surface area contributed by atoms with Gasteiger partial charge in [0.15, 0.2) is 0 Å². The number of carbonyl (C=O) groups excluding carboxylic acids is 1. The normalized spacial score (nSPS) is 24.7. The molecule has 0 fully saturated rings. The van der Waals surface area contributed by atoms with E-state index in [0.717, 1.165) is 21.5 Å². The van der Waals surface area contributed by atoms with Crippen LogP contribution < -0.4 is 0 Å². The summed E-state index contributed by atoms with van der Waals surface area (Å²) in [5, 5.41) is 0. The van der Waals surface area contributed by atoms with Crippen LogP contribution in [0.5, 0.6) is 0 Å². The van der Waals surface area contributed by atoms with Gasteiger partial charge >= 0.3 is 5.97 Å². The zero-order valence-corrected chi connectivity index (χ0v) is 21.6. The van der Waals surface area contributed by atoms with Crippen molar-refractivity contribution in [3.63, 3.8) is 0 Å². The molecule has 4 rings (SSSR count). The molecule has 1 N–H and O–H groups in total. The van der Waals surface area contributed by atoms with Crippen LogP contribution in [-0.4, -0.2) is 60.2 Å². The molecular formula is C30H41N3O3. The van der Waals surface area contributed by atoms with E-state index in [2.05, 4.69) is 9.97 Å². The highest BCUT2D eigenvalue weighted by molar-refractivity contribution is 5.74. The maximum Gasteiger partial charge on any atom is 0.332 e. The Hall–Kier alpha value is -2.70. The van der Waals surface area contributed by atoms with E-state index in [-0.39, 0.29) is 18.9 Å². The average Bonchev–Trinajstić information content (AvgIpc) is 3.28. The van der Waals surface area contributed by atoms with Gasteiger partial charge in [-0.25, -0.2) is 9.78 Å². The molecule has 0 amide bonds. The van der Waals surface area contributed by atoms with E-state index < -0.39 is 50.4 Å². The van der Waals surface area contributed by atoms with Crippen molar-refractivity contribution >= 4 is 17.0 Å². The summed E-state index contributed by atoms with van der Waals surface area (Å²) in [5.41, 5.74) is 1.94. The molecule has 1 aromatic heterocycles. The van der Waals surface area contributed by atoms with Crippen molar-refractivity contribution in [3.05, 3.63) is 65.0 Å². The molecule has 1 heterocycles. The smallest absolute Gasteiger partial charge is 0.332 e. The van der Waals surface area contributed by atoms with Gasteiger partial charge in [-0.3, -0.25) is 0 Å². The lowest BCUT2D eigenvalue weighted by Gasteiger charge is -2.47. The number of hydrogen-bond acceptors (Lipinski definition) is 5. The Morgan fingerprint density at radius 1 is 1.36 bits per heavy atom. The first-order valence-electron chi connectivity index (χ1n) is 16.0. The van der Waals surface area contributed by atoms with Gasteiger partial charge in [-0.05, 0) is 68.8 Å². The summed E-state index contributed by atoms with van der Waals surface area (Å²) in [6.45, 7) is -0.142. The predicted molar refractivity (Wildman–Crippen MR) is 144 cm³/mol. The number of methoxy groups -OCH3 is 1. The lowest BCUT2D eigenvalue weighted by Crippen LogP contribution is -2.49. The van der Waals surface area contributed by atoms with E-state index in [1.807, 2.05) is 57.2 Å². The van der Waals surface area contributed by atoms with Crippen molar-refractivity contribution in [3.8, 4) is 0 Å². The van der Waals surface area contributed by atoms with Crippen LogP contribution in [0.3, 0.4) is 0 Å². The molecule has 0 saturated heterocycles. The molecule has 1 aliphatic rings. The van der Waals surface area contributed by atoms with Gasteiger partial charge in [0, 0.05) is 42.0 Å². The van der Waals surface area contributed by atoms with E-state index in [0.29, 0.717) is 29.8 Å². The Balaban J connectivity index is 1.70. The number of esters is 1. The van der Waals surface area contributed by atoms with Gasteiger partial charge in [0.2, 0.25) is 0 Å². The van der Waals surface area contributed by atoms with Gasteiger partial charge in [-0.1, -0.05) is 49.7 Å². The standard InChI is InChI=1S/C30H41N3O3/c1-21(2)29-24-13-12-22(3)19-23(24)14-15-30(29,36-28(34)20-35-5)16-18-33(4)17-8-11-27-31-25-9-6-7-10-26(25)32-27/h6-7,9-10,12-13,19,21,29H,8,11,14-18,20H2,1-5H3,(H,31,32)/t29-,30-/m0/s1/i4D3,14D2,18D2. The maximum absolute atomic E-state index is 13.0. The number of aromatic nitrogens is 2. The Morgan fingerprint density at radius 2 is 2.19 bits per heavy atom. The fourth-order valence-corrected chi connectivity index (χ4v) is 5.22. The zero-order chi connectivity index (χ0) is 31.8. The molecule has 194 valence electrons. The molecule has 6 heteroatoms. The van der Waals surface area contributed by atoms with Gasteiger partial charge in [0.25, 0.3) is 0 Å². The molecule has 0 unspecified atom stereocenters. The first-order chi connectivity index (χ1) is 20.0. The molecule has 2 aromatic carbocycles. The number of fused-ring (bicyclic) bond motifs is 2. The fourth-order valence-electron chi connectivity index (χ4n) is 5.22. The van der Waals surface area contributed by atoms with E-state index in [1.54, 1.807) is 6.07 Å². The van der Waals surface area contributed by atoms with Gasteiger partial charge in [-0.15, -0.1) is 0 Å². The van der Waals surface area contributed by atoms with Crippen LogP contribution in [0.4, 0.5) is 0 Å². The van der Waals surface area contributed by atoms with E-state index in [9.17, 15) is 4.79 Å². The lowest BCUT2D eigenvalue weighted by molar-refractivity contribution is -0.172. The number of nitrogens with zero attached hydrogens (tertiary/aromatic N) is 2. The Morgan fingerprint density at radius 3 is 2.94 bits per heavy atom. The fraction of sp³-hybridized carbons (Fsp3) is 0.533. The molecular weight excluding hydrogens is 450 g/mol. The van der Waals surface area contributed by atoms with Crippen LogP contribution in [-0.2, 0) is 27.1 Å². The Labute approximate surface area is 225 Å². The maximum atomic E-state index is 13.0. The van der Waals surface area contributed by atoms with Crippen LogP contribution in [0.15, 0.2) is 42.5 Å². The Bertz CT molecular complexity index is 1410. The number of ether oxygens (including phenoxy) is 2. The number of aromatic amines is 1. The number of rotatable bonds is 11. The minimum Gasteiger partial charge on any atom is -0.457 e. The summed E-state index contributed by atoms with van der Waals surface area (Å²) in [5.74, 6) is -0.889. The molecule has 0 spiro atoms. The van der Waals surface area contributed by atoms with Crippen LogP contribution in [0.2, 0.25) is 0 Å². The highest BCUT2D eigenvalue weighted by Crippen LogP contribution is 2.48. The number of H-pyrrole nitrogens is 1. The zero-order valence-electron chi connectivity index (χ0n) is 28.6. The summed E-state index contributed by atoms with van der Waals surface area (Å²) in [4.78, 5) is 21.6. The minimum atomic E-state index is -2.81. The number of aryl methyl sites for hydroxylation is 3. The molecule has 2 atom stereocenters. The van der Waals surface area contributed by atoms with Gasteiger partial charge in [-0.2, -0.15) is 0 Å². The molecule has 1 aliphatic carbocycles. The molecule has 0 bridgehead atoms. The van der Waals surface area contributed by atoms with Crippen LogP contribution in [0.25, 0.3) is 11.0 Å². The van der Waals surface area contributed by atoms with Crippen LogP contribution >= 0.6 is 0 Å². The summed E-state index contributed by atoms with van der Waals surface area (Å²) >= 11 is 0. The first-order valence-corrected chi connectivity index (χ1v) is 12.5. The van der Waals surface area contributed by atoms with Crippen molar-refractivity contribution in [1.82, 2.24) is 14.9 Å². The number of imidazole rings is 1. The second-order valence-corrected chi connectivity index (χ2v) is 9.93. The van der Waals surface area contributed by atoms with Gasteiger partial charge in [0.1, 0.15) is 18.0 Å². The monoisotopic (exact) mass is 498 g/mol. The topological polar surface area (TPSA) is 67.5 Å². The van der Waals surface area contributed by atoms with Crippen LogP contribution in [0.1, 0.15) is 71.1 Å². The second kappa shape index (κ2) is 11.6. The lowest BCUT2D eigenvalue weighted by atomic mass is 9.65. The second-order valence-electron chi connectivity index (χ2n) is 9.93. The Kier molecular flexibility index (Phi) is 5.95. The number of para-hydroxylation sites is 2. The number of hydrogen-bond donors (Lipinski definition) is 1. The summed E-state index contributed by atoms with van der Waals surface area (Å²) < 4.78 is 72.2. The largest absolute Gasteiger partial charge is 0.457 e. The van der Waals surface area contributed by atoms with Crippen molar-refractivity contribution in [2.24, 2.45) is 5.92 Å². The quantitative estimate of drug-likeness (QED) is 0.357. The third kappa shape index (κ3) is 5.98. The van der Waals surface area contributed by atoms with Gasteiger partial charge < -0.3 is 19.4 Å². The van der Waals surface area contributed by atoms with Crippen molar-refractivity contribution in [1.29, 1.82) is 0 Å². The van der Waals surface area contributed by atoms with Crippen molar-refractivity contribution in [2.75, 3.05) is 33.7 Å². The molecule has 6 nitrogen and oxygen atoms in total. The third-order valence-corrected chi connectivity index (χ3v) is 6.74. The average molecular weight is 499 g/mol. The molecule has 3 aromatic rings. The molecule has 0 radical (unpaired) electrons. The highest BCUT2D eigenvalue weighted by atomic mass is 16.6. The van der Waals surface area contributed by atoms with Crippen LogP contribution in [0, 0.1) is 12.8 Å². The number of carbonyl (C=O) groups is 1. The highest BCUT2D eigenvalue weighted by Gasteiger charge is 2.47. The molecule has 0 saturated carbocycles. The molecule has 0 aliphatic heterocycles.